The summed E-state index contributed by atoms with van der Waals surface area (Å²) in [5, 5.41) is 22.4. The SMILES string of the molecule is CN1C(=O)[C@](O)(c2cc(-c3cccc(-c4ccnc(Nc5cnn(C)c5)n4)n3)no2)[C@H]2C[C@H]21. The fourth-order valence-corrected chi connectivity index (χ4v) is 4.40. The molecule has 6 rings (SSSR count). The van der Waals surface area contributed by atoms with Crippen LogP contribution in [0, 0.1) is 5.92 Å². The Morgan fingerprint density at radius 1 is 1.15 bits per heavy atom. The number of pyridine rings is 1. The van der Waals surface area contributed by atoms with E-state index in [0.717, 1.165) is 12.1 Å². The molecule has 0 radical (unpaired) electrons. The molecule has 1 amide bonds. The van der Waals surface area contributed by atoms with Crippen LogP contribution in [0.5, 0.6) is 0 Å². The van der Waals surface area contributed by atoms with Crippen molar-refractivity contribution in [2.45, 2.75) is 18.1 Å². The standard InChI is InChI=1S/C22H20N8O3/c1-29-11-12(10-24-29)25-21-23-7-6-16(27-21)14-4-3-5-15(26-14)17-9-19(33-28-17)22(32)13-8-18(13)30(2)20(22)31/h3-7,9-11,13,18,32H,8H2,1-2H3,(H,23,25,27)/t13-,18+,22+/m0/s1. The minimum atomic E-state index is -1.66. The van der Waals surface area contributed by atoms with Gasteiger partial charge in [-0.2, -0.15) is 5.10 Å². The molecule has 1 aliphatic carbocycles. The molecule has 166 valence electrons. The Bertz CT molecular complexity index is 1380. The van der Waals surface area contributed by atoms with Crippen LogP contribution < -0.4 is 5.32 Å². The number of carbonyl (C=O) groups excluding carboxylic acids is 1. The van der Waals surface area contributed by atoms with Gasteiger partial charge in [0.25, 0.3) is 5.91 Å². The predicted octanol–water partition coefficient (Wildman–Crippen LogP) is 1.72. The van der Waals surface area contributed by atoms with Crippen LogP contribution in [0.3, 0.4) is 0 Å². The first kappa shape index (κ1) is 19.6. The van der Waals surface area contributed by atoms with Crippen molar-refractivity contribution in [3.8, 4) is 22.8 Å². The van der Waals surface area contributed by atoms with Crippen molar-refractivity contribution < 1.29 is 14.4 Å². The van der Waals surface area contributed by atoms with Gasteiger partial charge < -0.3 is 19.8 Å². The number of rotatable bonds is 5. The lowest BCUT2D eigenvalue weighted by Gasteiger charge is -2.21. The Morgan fingerprint density at radius 3 is 2.67 bits per heavy atom. The molecule has 4 aromatic rings. The zero-order valence-electron chi connectivity index (χ0n) is 17.9. The second-order valence-corrected chi connectivity index (χ2v) is 8.37. The maximum absolute atomic E-state index is 12.6. The molecule has 11 nitrogen and oxygen atoms in total. The molecule has 1 aliphatic heterocycles. The van der Waals surface area contributed by atoms with Crippen molar-refractivity contribution in [1.82, 2.24) is 34.8 Å². The number of amides is 1. The second kappa shape index (κ2) is 6.94. The van der Waals surface area contributed by atoms with E-state index >= 15 is 0 Å². The van der Waals surface area contributed by atoms with Crippen LogP contribution in [0.15, 0.2) is 53.4 Å². The number of carbonyl (C=O) groups is 1. The number of aliphatic hydroxyl groups is 1. The van der Waals surface area contributed by atoms with Gasteiger partial charge in [0.05, 0.1) is 29.0 Å². The molecule has 0 aromatic carbocycles. The zero-order chi connectivity index (χ0) is 22.7. The Labute approximate surface area is 188 Å². The molecule has 4 aromatic heterocycles. The molecule has 0 bridgehead atoms. The number of nitrogens with zero attached hydrogens (tertiary/aromatic N) is 7. The molecule has 2 fully saturated rings. The first-order chi connectivity index (χ1) is 15.9. The lowest BCUT2D eigenvalue weighted by Crippen LogP contribution is -2.40. The van der Waals surface area contributed by atoms with E-state index < -0.39 is 5.60 Å². The maximum Gasteiger partial charge on any atom is 0.262 e. The van der Waals surface area contributed by atoms with Crippen molar-refractivity contribution in [3.63, 3.8) is 0 Å². The van der Waals surface area contributed by atoms with Crippen molar-refractivity contribution in [1.29, 1.82) is 0 Å². The van der Waals surface area contributed by atoms with Gasteiger partial charge in [-0.1, -0.05) is 11.2 Å². The molecule has 11 heteroatoms. The van der Waals surface area contributed by atoms with E-state index in [1.165, 1.54) is 0 Å². The Morgan fingerprint density at radius 2 is 1.94 bits per heavy atom. The number of aryl methyl sites for hydroxylation is 1. The third-order valence-corrected chi connectivity index (χ3v) is 6.21. The monoisotopic (exact) mass is 444 g/mol. The van der Waals surface area contributed by atoms with Crippen LogP contribution >= 0.6 is 0 Å². The highest BCUT2D eigenvalue weighted by atomic mass is 16.5. The lowest BCUT2D eigenvalue weighted by atomic mass is 9.95. The van der Waals surface area contributed by atoms with Gasteiger partial charge in [-0.05, 0) is 24.6 Å². The third-order valence-electron chi connectivity index (χ3n) is 6.21. The predicted molar refractivity (Wildman–Crippen MR) is 116 cm³/mol. The van der Waals surface area contributed by atoms with E-state index in [-0.39, 0.29) is 23.6 Å². The van der Waals surface area contributed by atoms with Crippen molar-refractivity contribution in [3.05, 3.63) is 54.7 Å². The summed E-state index contributed by atoms with van der Waals surface area (Å²) < 4.78 is 7.10. The normalized spacial score (nSPS) is 23.6. The Kier molecular flexibility index (Phi) is 4.11. The molecule has 33 heavy (non-hydrogen) atoms. The maximum atomic E-state index is 12.6. The van der Waals surface area contributed by atoms with Crippen LogP contribution in [-0.2, 0) is 17.4 Å². The van der Waals surface area contributed by atoms with Crippen molar-refractivity contribution in [2.75, 3.05) is 12.4 Å². The van der Waals surface area contributed by atoms with Gasteiger partial charge in [-0.3, -0.25) is 9.48 Å². The van der Waals surface area contributed by atoms with Crippen LogP contribution in [-0.4, -0.2) is 58.9 Å². The van der Waals surface area contributed by atoms with E-state index in [1.807, 2.05) is 25.4 Å². The van der Waals surface area contributed by atoms with Crippen molar-refractivity contribution >= 4 is 17.5 Å². The van der Waals surface area contributed by atoms with Crippen LogP contribution in [0.2, 0.25) is 0 Å². The van der Waals surface area contributed by atoms with Crippen LogP contribution in [0.1, 0.15) is 12.2 Å². The quantitative estimate of drug-likeness (QED) is 0.472. The number of aromatic nitrogens is 6. The molecule has 1 saturated heterocycles. The van der Waals surface area contributed by atoms with E-state index in [0.29, 0.717) is 28.7 Å². The van der Waals surface area contributed by atoms with Gasteiger partial charge in [0, 0.05) is 44.5 Å². The highest BCUT2D eigenvalue weighted by Gasteiger charge is 2.68. The zero-order valence-corrected chi connectivity index (χ0v) is 17.9. The summed E-state index contributed by atoms with van der Waals surface area (Å²) in [6.45, 7) is 0. The number of piperidine rings is 1. The molecule has 2 N–H and O–H groups in total. The Balaban J connectivity index is 1.29. The summed E-state index contributed by atoms with van der Waals surface area (Å²) >= 11 is 0. The summed E-state index contributed by atoms with van der Waals surface area (Å²) in [5.41, 5.74) is 1.32. The average molecular weight is 444 g/mol. The number of hydrogen-bond acceptors (Lipinski definition) is 9. The summed E-state index contributed by atoms with van der Waals surface area (Å²) in [7, 11) is 3.53. The van der Waals surface area contributed by atoms with Gasteiger partial charge in [-0.15, -0.1) is 0 Å². The number of likely N-dealkylation sites (tertiary alicyclic amines) is 1. The highest BCUT2D eigenvalue weighted by molar-refractivity contribution is 5.90. The summed E-state index contributed by atoms with van der Waals surface area (Å²) in [4.78, 5) is 27.6. The first-order valence-electron chi connectivity index (χ1n) is 10.5. The summed E-state index contributed by atoms with van der Waals surface area (Å²) in [5.74, 6) is 0.0442. The molecule has 0 spiro atoms. The third kappa shape index (κ3) is 3.08. The minimum absolute atomic E-state index is 0.0599. The van der Waals surface area contributed by atoms with E-state index in [4.69, 9.17) is 4.52 Å². The largest absolute Gasteiger partial charge is 0.373 e. The fourth-order valence-electron chi connectivity index (χ4n) is 4.40. The summed E-state index contributed by atoms with van der Waals surface area (Å²) in [6, 6.07) is 8.87. The van der Waals surface area contributed by atoms with E-state index in [9.17, 15) is 9.90 Å². The lowest BCUT2D eigenvalue weighted by molar-refractivity contribution is -0.149. The first-order valence-corrected chi connectivity index (χ1v) is 10.5. The van der Waals surface area contributed by atoms with Gasteiger partial charge in [0.1, 0.15) is 5.69 Å². The molecular formula is C22H20N8O3. The van der Waals surface area contributed by atoms with Gasteiger partial charge in [0.15, 0.2) is 5.76 Å². The number of hydrogen-bond donors (Lipinski definition) is 2. The van der Waals surface area contributed by atoms with Gasteiger partial charge in [0.2, 0.25) is 11.5 Å². The average Bonchev–Trinajstić information content (AvgIpc) is 3.20. The molecule has 2 aliphatic rings. The highest BCUT2D eigenvalue weighted by Crippen LogP contribution is 2.55. The molecular weight excluding hydrogens is 424 g/mol. The number of likely N-dealkylation sites (N-methyl/N-ethyl adjacent to an activating group) is 1. The van der Waals surface area contributed by atoms with Gasteiger partial charge >= 0.3 is 0 Å². The minimum Gasteiger partial charge on any atom is -0.373 e. The van der Waals surface area contributed by atoms with E-state index in [1.54, 1.807) is 47.2 Å². The smallest absolute Gasteiger partial charge is 0.262 e. The summed E-state index contributed by atoms with van der Waals surface area (Å²) in [6.07, 6.45) is 5.91. The van der Waals surface area contributed by atoms with Gasteiger partial charge in [-0.25, -0.2) is 15.0 Å². The molecule has 1 saturated carbocycles. The second-order valence-electron chi connectivity index (χ2n) is 8.37. The van der Waals surface area contributed by atoms with Crippen molar-refractivity contribution in [2.24, 2.45) is 13.0 Å². The molecule has 3 atom stereocenters. The molecule has 5 heterocycles. The van der Waals surface area contributed by atoms with Crippen LogP contribution in [0.4, 0.5) is 11.6 Å². The number of nitrogens with one attached hydrogen (secondary N) is 1. The van der Waals surface area contributed by atoms with E-state index in [2.05, 4.69) is 30.5 Å². The topological polar surface area (TPSA) is 135 Å². The van der Waals surface area contributed by atoms with Crippen LogP contribution in [0.25, 0.3) is 22.8 Å². The molecule has 0 unspecified atom stereocenters. The number of anilines is 2. The Hall–Kier alpha value is -4.12. The fraction of sp³-hybridized carbons (Fsp3) is 0.273. The number of fused-ring (bicyclic) bond motifs is 1.